The number of ketones is 1. The summed E-state index contributed by atoms with van der Waals surface area (Å²) < 4.78 is 5.37. The number of ether oxygens (including phenoxy) is 1. The molecule has 0 amide bonds. The molecule has 3 rings (SSSR count). The topological polar surface area (TPSA) is 53.3 Å². The first kappa shape index (κ1) is 14.1. The fourth-order valence-electron chi connectivity index (χ4n) is 3.31. The number of anilines is 1. The summed E-state index contributed by atoms with van der Waals surface area (Å²) in [6, 6.07) is 10.3. The van der Waals surface area contributed by atoms with Gasteiger partial charge in [0.15, 0.2) is 5.78 Å². The smallest absolute Gasteiger partial charge is 0.157 e. The lowest BCUT2D eigenvalue weighted by Gasteiger charge is -2.40. The number of morpholine rings is 1. The molecule has 4 nitrogen and oxygen atoms in total. The third-order valence-corrected chi connectivity index (χ3v) is 4.78. The number of hydrogen-bond acceptors (Lipinski definition) is 4. The lowest BCUT2D eigenvalue weighted by Crippen LogP contribution is -2.42. The maximum absolute atomic E-state index is 12.3. The number of Topliss-reactive ketones (excluding diaryl/α,β-unsaturated/α-hetero) is 1. The minimum Gasteiger partial charge on any atom is -0.378 e. The summed E-state index contributed by atoms with van der Waals surface area (Å²) in [7, 11) is 0. The predicted molar refractivity (Wildman–Crippen MR) is 80.2 cm³/mol. The van der Waals surface area contributed by atoms with Crippen LogP contribution in [0.1, 0.15) is 31.2 Å². The Balaban J connectivity index is 1.79. The van der Waals surface area contributed by atoms with Gasteiger partial charge in [0.25, 0.3) is 0 Å². The normalized spacial score (nSPS) is 20.4. The first-order valence-electron chi connectivity index (χ1n) is 7.60. The van der Waals surface area contributed by atoms with Crippen molar-refractivity contribution in [3.8, 4) is 6.07 Å². The van der Waals surface area contributed by atoms with Crippen molar-refractivity contribution < 1.29 is 9.53 Å². The maximum atomic E-state index is 12.3. The van der Waals surface area contributed by atoms with E-state index in [9.17, 15) is 4.79 Å². The zero-order valence-corrected chi connectivity index (χ0v) is 12.2. The molecule has 1 aliphatic carbocycles. The van der Waals surface area contributed by atoms with Gasteiger partial charge in [0.1, 0.15) is 0 Å². The van der Waals surface area contributed by atoms with Gasteiger partial charge < -0.3 is 9.64 Å². The second-order valence-electron chi connectivity index (χ2n) is 5.84. The summed E-state index contributed by atoms with van der Waals surface area (Å²) >= 11 is 0. The first-order chi connectivity index (χ1) is 10.3. The van der Waals surface area contributed by atoms with E-state index in [1.54, 1.807) is 0 Å². The van der Waals surface area contributed by atoms with Gasteiger partial charge in [-0.25, -0.2) is 0 Å². The third-order valence-electron chi connectivity index (χ3n) is 4.78. The standard InChI is InChI=1S/C17H20N2O2/c18-9-6-16(20)17(7-1-8-17)14-2-4-15(5-3-14)19-10-12-21-13-11-19/h2-5H,1,6-8,10-13H2. The number of hydrogen-bond donors (Lipinski definition) is 0. The Kier molecular flexibility index (Phi) is 3.94. The van der Waals surface area contributed by atoms with Crippen LogP contribution in [0, 0.1) is 11.3 Å². The summed E-state index contributed by atoms with van der Waals surface area (Å²) in [6.07, 6.45) is 2.85. The molecule has 1 aromatic rings. The van der Waals surface area contributed by atoms with Gasteiger partial charge in [-0.15, -0.1) is 0 Å². The molecule has 2 fully saturated rings. The van der Waals surface area contributed by atoms with Crippen LogP contribution in [-0.2, 0) is 14.9 Å². The van der Waals surface area contributed by atoms with Crippen LogP contribution in [0.5, 0.6) is 0 Å². The molecule has 0 bridgehead atoms. The molecule has 110 valence electrons. The van der Waals surface area contributed by atoms with Crippen molar-refractivity contribution in [2.45, 2.75) is 31.1 Å². The molecule has 0 radical (unpaired) electrons. The Morgan fingerprint density at radius 2 is 1.90 bits per heavy atom. The Morgan fingerprint density at radius 3 is 2.43 bits per heavy atom. The highest BCUT2D eigenvalue weighted by atomic mass is 16.5. The summed E-state index contributed by atoms with van der Waals surface area (Å²) in [5.41, 5.74) is 1.87. The molecule has 0 N–H and O–H groups in total. The summed E-state index contributed by atoms with van der Waals surface area (Å²) in [6.45, 7) is 3.37. The number of benzene rings is 1. The maximum Gasteiger partial charge on any atom is 0.157 e. The van der Waals surface area contributed by atoms with E-state index in [1.165, 1.54) is 5.69 Å². The fraction of sp³-hybridized carbons (Fsp3) is 0.529. The monoisotopic (exact) mass is 284 g/mol. The number of carbonyl (C=O) groups is 1. The highest BCUT2D eigenvalue weighted by Crippen LogP contribution is 2.45. The minimum atomic E-state index is -0.390. The quantitative estimate of drug-likeness (QED) is 0.852. The zero-order valence-electron chi connectivity index (χ0n) is 12.2. The van der Waals surface area contributed by atoms with E-state index in [0.717, 1.165) is 51.1 Å². The molecule has 1 aliphatic heterocycles. The van der Waals surface area contributed by atoms with Crippen LogP contribution in [0.15, 0.2) is 24.3 Å². The molecule has 1 heterocycles. The van der Waals surface area contributed by atoms with E-state index >= 15 is 0 Å². The van der Waals surface area contributed by atoms with Gasteiger partial charge in [-0.3, -0.25) is 4.79 Å². The van der Waals surface area contributed by atoms with E-state index in [-0.39, 0.29) is 17.6 Å². The van der Waals surface area contributed by atoms with Crippen LogP contribution in [0.3, 0.4) is 0 Å². The molecule has 2 aliphatic rings. The summed E-state index contributed by atoms with van der Waals surface area (Å²) in [5, 5.41) is 8.79. The van der Waals surface area contributed by atoms with Crippen molar-refractivity contribution in [1.29, 1.82) is 5.26 Å². The zero-order chi connectivity index (χ0) is 14.7. The minimum absolute atomic E-state index is 0.0191. The van der Waals surface area contributed by atoms with Gasteiger partial charge in [0, 0.05) is 18.8 Å². The predicted octanol–water partition coefficient (Wildman–Crippen LogP) is 2.43. The van der Waals surface area contributed by atoms with Crippen molar-refractivity contribution in [2.75, 3.05) is 31.2 Å². The van der Waals surface area contributed by atoms with Crippen LogP contribution in [0.25, 0.3) is 0 Å². The largest absolute Gasteiger partial charge is 0.378 e. The molecule has 21 heavy (non-hydrogen) atoms. The van der Waals surface area contributed by atoms with E-state index in [4.69, 9.17) is 10.00 Å². The molecule has 0 atom stereocenters. The van der Waals surface area contributed by atoms with E-state index in [1.807, 2.05) is 6.07 Å². The lowest BCUT2D eigenvalue weighted by atomic mass is 9.61. The number of carbonyl (C=O) groups excluding carboxylic acids is 1. The summed E-state index contributed by atoms with van der Waals surface area (Å²) in [5.74, 6) is 0.0790. The molecular formula is C17H20N2O2. The Hall–Kier alpha value is -1.86. The first-order valence-corrected chi connectivity index (χ1v) is 7.60. The average molecular weight is 284 g/mol. The van der Waals surface area contributed by atoms with Gasteiger partial charge in [-0.2, -0.15) is 5.26 Å². The van der Waals surface area contributed by atoms with E-state index in [0.29, 0.717) is 0 Å². The SMILES string of the molecule is N#CCC(=O)C1(c2ccc(N3CCOCC3)cc2)CCC1. The van der Waals surface area contributed by atoms with Crippen LogP contribution < -0.4 is 4.90 Å². The van der Waals surface area contributed by atoms with Crippen LogP contribution >= 0.6 is 0 Å². The highest BCUT2D eigenvalue weighted by Gasteiger charge is 2.44. The highest BCUT2D eigenvalue weighted by molar-refractivity contribution is 5.92. The number of nitriles is 1. The van der Waals surface area contributed by atoms with Crippen LogP contribution in [0.2, 0.25) is 0 Å². The molecule has 1 saturated carbocycles. The lowest BCUT2D eigenvalue weighted by molar-refractivity contribution is -0.126. The van der Waals surface area contributed by atoms with Crippen LogP contribution in [-0.4, -0.2) is 32.1 Å². The van der Waals surface area contributed by atoms with Gasteiger partial charge in [-0.1, -0.05) is 18.6 Å². The molecule has 4 heteroatoms. The van der Waals surface area contributed by atoms with Crippen molar-refractivity contribution >= 4 is 11.5 Å². The Morgan fingerprint density at radius 1 is 1.24 bits per heavy atom. The van der Waals surface area contributed by atoms with Crippen molar-refractivity contribution in [1.82, 2.24) is 0 Å². The van der Waals surface area contributed by atoms with Crippen LogP contribution in [0.4, 0.5) is 5.69 Å². The third kappa shape index (κ3) is 2.54. The van der Waals surface area contributed by atoms with Crippen molar-refractivity contribution in [2.24, 2.45) is 0 Å². The number of rotatable bonds is 4. The van der Waals surface area contributed by atoms with Gasteiger partial charge >= 0.3 is 0 Å². The molecule has 0 aromatic heterocycles. The molecule has 0 unspecified atom stereocenters. The second kappa shape index (κ2) is 5.87. The fourth-order valence-corrected chi connectivity index (χ4v) is 3.31. The van der Waals surface area contributed by atoms with E-state index < -0.39 is 0 Å². The summed E-state index contributed by atoms with van der Waals surface area (Å²) in [4.78, 5) is 14.6. The van der Waals surface area contributed by atoms with Crippen molar-refractivity contribution in [3.63, 3.8) is 0 Å². The molecule has 0 spiro atoms. The molecule has 1 aromatic carbocycles. The van der Waals surface area contributed by atoms with Gasteiger partial charge in [0.2, 0.25) is 0 Å². The average Bonchev–Trinajstić information content (AvgIpc) is 2.48. The Labute approximate surface area is 125 Å². The van der Waals surface area contributed by atoms with E-state index in [2.05, 4.69) is 29.2 Å². The Bertz CT molecular complexity index is 549. The second-order valence-corrected chi connectivity index (χ2v) is 5.84. The van der Waals surface area contributed by atoms with Crippen molar-refractivity contribution in [3.05, 3.63) is 29.8 Å². The molecule has 1 saturated heterocycles. The van der Waals surface area contributed by atoms with Gasteiger partial charge in [-0.05, 0) is 30.5 Å². The number of nitrogens with zero attached hydrogens (tertiary/aromatic N) is 2. The molecular weight excluding hydrogens is 264 g/mol. The van der Waals surface area contributed by atoms with Gasteiger partial charge in [0.05, 0.1) is 31.1 Å².